The third-order valence-electron chi connectivity index (χ3n) is 7.24. The molecule has 0 fully saturated rings. The van der Waals surface area contributed by atoms with Crippen molar-refractivity contribution in [1.29, 1.82) is 0 Å². The number of oxazole rings is 1. The van der Waals surface area contributed by atoms with Gasteiger partial charge in [-0.1, -0.05) is 26.8 Å². The van der Waals surface area contributed by atoms with Gasteiger partial charge < -0.3 is 15.1 Å². The second kappa shape index (κ2) is 10.4. The number of aromatic nitrogens is 6. The second-order valence-electron chi connectivity index (χ2n) is 11.3. The Hall–Kier alpha value is -5.52. The second-order valence-corrected chi connectivity index (χ2v) is 11.3. The molecule has 12 nitrogen and oxygen atoms in total. The Morgan fingerprint density at radius 1 is 0.977 bits per heavy atom. The molecule has 0 saturated carbocycles. The molecule has 0 aliphatic rings. The van der Waals surface area contributed by atoms with Crippen LogP contribution in [0.1, 0.15) is 32.0 Å². The van der Waals surface area contributed by atoms with E-state index < -0.39 is 6.03 Å². The van der Waals surface area contributed by atoms with Crippen molar-refractivity contribution in [1.82, 2.24) is 29.3 Å². The lowest BCUT2D eigenvalue weighted by atomic mass is 9.92. The van der Waals surface area contributed by atoms with Gasteiger partial charge in [0.1, 0.15) is 17.0 Å². The summed E-state index contributed by atoms with van der Waals surface area (Å²) in [7, 11) is 3.40. The van der Waals surface area contributed by atoms with Crippen LogP contribution in [0, 0.1) is 6.92 Å². The molecule has 4 aromatic heterocycles. The van der Waals surface area contributed by atoms with Crippen LogP contribution in [-0.2, 0) is 12.5 Å². The number of urea groups is 1. The number of hydrogen-bond donors (Lipinski definition) is 3. The fraction of sp³-hybridized carbons (Fsp3) is 0.226. The lowest BCUT2D eigenvalue weighted by Gasteiger charge is -2.14. The third kappa shape index (κ3) is 5.18. The molecule has 4 heterocycles. The quantitative estimate of drug-likeness (QED) is 0.240. The number of pyridine rings is 1. The summed E-state index contributed by atoms with van der Waals surface area (Å²) in [6.07, 6.45) is 3.07. The van der Waals surface area contributed by atoms with Crippen LogP contribution in [0.3, 0.4) is 0 Å². The molecule has 2 amide bonds. The molecule has 6 rings (SSSR count). The van der Waals surface area contributed by atoms with E-state index in [-0.39, 0.29) is 11.0 Å². The van der Waals surface area contributed by atoms with E-state index in [2.05, 4.69) is 51.7 Å². The fourth-order valence-electron chi connectivity index (χ4n) is 4.84. The van der Waals surface area contributed by atoms with Gasteiger partial charge in [0.15, 0.2) is 12.0 Å². The number of nitrogens with one attached hydrogen (secondary N) is 3. The van der Waals surface area contributed by atoms with E-state index in [4.69, 9.17) is 9.52 Å². The van der Waals surface area contributed by atoms with Gasteiger partial charge in [-0.25, -0.2) is 19.4 Å². The molecular formula is C31H31N9O3. The highest BCUT2D eigenvalue weighted by molar-refractivity contribution is 6.00. The molecule has 0 atom stereocenters. The van der Waals surface area contributed by atoms with E-state index in [1.165, 1.54) is 11.0 Å². The Morgan fingerprint density at radius 2 is 1.79 bits per heavy atom. The fourth-order valence-corrected chi connectivity index (χ4v) is 4.84. The number of carbonyl (C=O) groups excluding carboxylic acids is 1. The van der Waals surface area contributed by atoms with Crippen molar-refractivity contribution in [2.75, 3.05) is 23.0 Å². The van der Waals surface area contributed by atoms with Gasteiger partial charge in [-0.2, -0.15) is 10.1 Å². The van der Waals surface area contributed by atoms with Crippen LogP contribution in [0.2, 0.25) is 0 Å². The first-order valence-electron chi connectivity index (χ1n) is 13.7. The molecule has 6 aromatic rings. The predicted octanol–water partition coefficient (Wildman–Crippen LogP) is 5.61. The lowest BCUT2D eigenvalue weighted by Crippen LogP contribution is -2.22. The Balaban J connectivity index is 1.32. The van der Waals surface area contributed by atoms with Gasteiger partial charge in [0.25, 0.3) is 5.56 Å². The average Bonchev–Trinajstić information content (AvgIpc) is 3.62. The lowest BCUT2D eigenvalue weighted by molar-refractivity contribution is 0.262. The number of anilines is 3. The Bertz CT molecular complexity index is 2080. The normalized spacial score (nSPS) is 11.7. The molecule has 218 valence electrons. The number of nitrogens with zero attached hydrogens (tertiary/aromatic N) is 6. The maximum absolute atomic E-state index is 13.4. The van der Waals surface area contributed by atoms with Gasteiger partial charge in [0, 0.05) is 48.4 Å². The summed E-state index contributed by atoms with van der Waals surface area (Å²) < 4.78 is 8.55. The summed E-state index contributed by atoms with van der Waals surface area (Å²) in [6.45, 7) is 8.09. The summed E-state index contributed by atoms with van der Waals surface area (Å²) in [5.41, 5.74) is 5.50. The van der Waals surface area contributed by atoms with Crippen LogP contribution in [0.25, 0.3) is 38.9 Å². The summed E-state index contributed by atoms with van der Waals surface area (Å²) in [6, 6.07) is 14.1. The van der Waals surface area contributed by atoms with Crippen LogP contribution in [-0.4, -0.2) is 42.4 Å². The first kappa shape index (κ1) is 27.6. The van der Waals surface area contributed by atoms with Gasteiger partial charge in [0.05, 0.1) is 11.4 Å². The average molecular weight is 578 g/mol. The summed E-state index contributed by atoms with van der Waals surface area (Å²) in [4.78, 5) is 39.7. The highest BCUT2D eigenvalue weighted by Crippen LogP contribution is 2.29. The van der Waals surface area contributed by atoms with Gasteiger partial charge in [0.2, 0.25) is 5.95 Å². The highest BCUT2D eigenvalue weighted by atomic mass is 16.3. The predicted molar refractivity (Wildman–Crippen MR) is 167 cm³/mol. The summed E-state index contributed by atoms with van der Waals surface area (Å²) in [5.74, 6) is 0.917. The zero-order valence-corrected chi connectivity index (χ0v) is 24.7. The van der Waals surface area contributed by atoms with Crippen LogP contribution < -0.4 is 21.5 Å². The zero-order valence-electron chi connectivity index (χ0n) is 24.7. The van der Waals surface area contributed by atoms with Gasteiger partial charge in [-0.15, -0.1) is 0 Å². The van der Waals surface area contributed by atoms with Crippen molar-refractivity contribution in [3.8, 4) is 16.8 Å². The maximum atomic E-state index is 13.4. The molecule has 0 saturated heterocycles. The standard InChI is InChI=1S/C31H31N9O3/c1-17-7-8-19(12-21(17)22-11-18-15-33-29(32-5)37-27(18)39(6)28(22)41)35-30(42)36-26-14-25(31(2,3)4)38-40(26)20-9-10-24-23(13-20)34-16-43-24/h7-16H,1-6H3,(H,32,33,37)(H2,35,36,42). The van der Waals surface area contributed by atoms with E-state index >= 15 is 0 Å². The van der Waals surface area contributed by atoms with E-state index in [1.54, 1.807) is 43.2 Å². The molecule has 0 aliphatic heterocycles. The Morgan fingerprint density at radius 3 is 2.56 bits per heavy atom. The molecule has 12 heteroatoms. The minimum Gasteiger partial charge on any atom is -0.443 e. The summed E-state index contributed by atoms with van der Waals surface area (Å²) >= 11 is 0. The van der Waals surface area contributed by atoms with Crippen molar-refractivity contribution in [3.05, 3.63) is 82.7 Å². The molecule has 3 N–H and O–H groups in total. The number of carbonyl (C=O) groups is 1. The Kier molecular flexibility index (Phi) is 6.68. The number of amides is 2. The van der Waals surface area contributed by atoms with Crippen LogP contribution in [0.4, 0.5) is 22.2 Å². The van der Waals surface area contributed by atoms with E-state index in [0.717, 1.165) is 22.3 Å². The molecule has 0 unspecified atom stereocenters. The largest absolute Gasteiger partial charge is 0.443 e. The molecule has 2 aromatic carbocycles. The molecule has 0 bridgehead atoms. The summed E-state index contributed by atoms with van der Waals surface area (Å²) in [5, 5.41) is 14.2. The highest BCUT2D eigenvalue weighted by Gasteiger charge is 2.22. The van der Waals surface area contributed by atoms with Crippen molar-refractivity contribution in [2.24, 2.45) is 7.05 Å². The topological polar surface area (TPSA) is 145 Å². The first-order valence-corrected chi connectivity index (χ1v) is 13.7. The van der Waals surface area contributed by atoms with Crippen molar-refractivity contribution >= 4 is 45.6 Å². The number of rotatable bonds is 5. The number of benzene rings is 2. The minimum atomic E-state index is -0.460. The number of fused-ring (bicyclic) bond motifs is 2. The minimum absolute atomic E-state index is 0.208. The molecule has 43 heavy (non-hydrogen) atoms. The van der Waals surface area contributed by atoms with Crippen LogP contribution in [0.5, 0.6) is 0 Å². The van der Waals surface area contributed by atoms with Crippen molar-refractivity contribution < 1.29 is 9.21 Å². The van der Waals surface area contributed by atoms with Gasteiger partial charge in [-0.05, 0) is 54.4 Å². The van der Waals surface area contributed by atoms with Crippen LogP contribution in [0.15, 0.2) is 70.3 Å². The van der Waals surface area contributed by atoms with E-state index in [1.807, 2.05) is 37.3 Å². The first-order chi connectivity index (χ1) is 20.5. The van der Waals surface area contributed by atoms with Crippen molar-refractivity contribution in [2.45, 2.75) is 33.1 Å². The maximum Gasteiger partial charge on any atom is 0.324 e. The number of hydrogen-bond acceptors (Lipinski definition) is 8. The van der Waals surface area contributed by atoms with Gasteiger partial charge >= 0.3 is 6.03 Å². The molecule has 0 spiro atoms. The third-order valence-corrected chi connectivity index (χ3v) is 7.24. The number of aryl methyl sites for hydroxylation is 2. The zero-order chi connectivity index (χ0) is 30.5. The van der Waals surface area contributed by atoms with E-state index in [0.29, 0.717) is 45.3 Å². The SMILES string of the molecule is CNc1ncc2cc(-c3cc(NC(=O)Nc4cc(C(C)(C)C)nn4-c4ccc5ocnc5c4)ccc3C)c(=O)n(C)c2n1. The van der Waals surface area contributed by atoms with Crippen LogP contribution >= 0.6 is 0 Å². The smallest absolute Gasteiger partial charge is 0.324 e. The molecule has 0 aliphatic carbocycles. The monoisotopic (exact) mass is 577 g/mol. The Labute approximate surface area is 246 Å². The van der Waals surface area contributed by atoms with E-state index in [9.17, 15) is 9.59 Å². The molecule has 0 radical (unpaired) electrons. The van der Waals surface area contributed by atoms with Gasteiger partial charge in [-0.3, -0.25) is 14.7 Å². The van der Waals surface area contributed by atoms with Crippen molar-refractivity contribution in [3.63, 3.8) is 0 Å². The molecular weight excluding hydrogens is 546 g/mol.